The molecule has 1 N–H and O–H groups in total. The third kappa shape index (κ3) is 4.11. The van der Waals surface area contributed by atoms with Crippen LogP contribution in [0.2, 0.25) is 10.0 Å². The lowest BCUT2D eigenvalue weighted by Crippen LogP contribution is -2.15. The highest BCUT2D eigenvalue weighted by Gasteiger charge is 2.21. The Morgan fingerprint density at radius 3 is 2.38 bits per heavy atom. The molecule has 0 fully saturated rings. The second kappa shape index (κ2) is 8.23. The molecule has 0 aliphatic carbocycles. The maximum absolute atomic E-state index is 12.8. The molecule has 1 amide bonds. The quantitative estimate of drug-likeness (QED) is 0.435. The summed E-state index contributed by atoms with van der Waals surface area (Å²) in [6.07, 6.45) is 0. The van der Waals surface area contributed by atoms with Crippen molar-refractivity contribution >= 4 is 40.5 Å². The Morgan fingerprint density at radius 2 is 1.76 bits per heavy atom. The number of amides is 1. The fraction of sp³-hybridized carbons (Fsp3) is 0.200. The third-order valence-corrected chi connectivity index (χ3v) is 5.44. The second-order valence-corrected chi connectivity index (χ2v) is 7.38. The molecule has 0 atom stereocenters. The highest BCUT2D eigenvalue weighted by molar-refractivity contribution is 6.36. The molecule has 0 saturated carbocycles. The molecule has 0 unspecified atom stereocenters. The fourth-order valence-corrected chi connectivity index (χ4v) is 3.63. The Labute approximate surface area is 177 Å². The largest absolute Gasteiger partial charge is 0.319 e. The molecule has 3 aromatic rings. The predicted molar refractivity (Wildman–Crippen MR) is 113 cm³/mol. The Kier molecular flexibility index (Phi) is 5.91. The zero-order valence-corrected chi connectivity index (χ0v) is 17.5. The third-order valence-electron chi connectivity index (χ3n) is 4.74. The molecular formula is C20H18Cl2N4O3. The number of anilines is 1. The van der Waals surface area contributed by atoms with Crippen molar-refractivity contribution in [2.45, 2.75) is 27.3 Å². The minimum atomic E-state index is -0.506. The highest BCUT2D eigenvalue weighted by Crippen LogP contribution is 2.28. The van der Waals surface area contributed by atoms with E-state index in [0.717, 1.165) is 11.3 Å². The first-order valence-corrected chi connectivity index (χ1v) is 9.48. The number of aryl methyl sites for hydroxylation is 1. The van der Waals surface area contributed by atoms with Crippen LogP contribution >= 0.6 is 23.2 Å². The van der Waals surface area contributed by atoms with E-state index in [4.69, 9.17) is 23.2 Å². The van der Waals surface area contributed by atoms with Crippen LogP contribution in [0, 0.1) is 30.9 Å². The standard InChI is InChI=1S/C20H18Cl2N4O3/c1-11-14(6-4-9-18(11)26(28)29)20(27)23-19-12(2)24-25(13(19)3)10-15-16(21)7-5-8-17(15)22/h4-9H,10H2,1-3H3,(H,23,27). The molecule has 1 aromatic heterocycles. The Bertz CT molecular complexity index is 1100. The van der Waals surface area contributed by atoms with Crippen LogP contribution in [0.15, 0.2) is 36.4 Å². The SMILES string of the molecule is Cc1nn(Cc2c(Cl)cccc2Cl)c(C)c1NC(=O)c1cccc([N+](=O)[O-])c1C. The van der Waals surface area contributed by atoms with Gasteiger partial charge < -0.3 is 5.32 Å². The zero-order chi connectivity index (χ0) is 21.3. The number of hydrogen-bond donors (Lipinski definition) is 1. The molecule has 9 heteroatoms. The van der Waals surface area contributed by atoms with Crippen molar-refractivity contribution in [3.63, 3.8) is 0 Å². The first-order valence-electron chi connectivity index (χ1n) is 8.73. The normalized spacial score (nSPS) is 10.8. The topological polar surface area (TPSA) is 90.1 Å². The van der Waals surface area contributed by atoms with Crippen LogP contribution in [0.25, 0.3) is 0 Å². The van der Waals surface area contributed by atoms with Crippen molar-refractivity contribution in [2.24, 2.45) is 0 Å². The van der Waals surface area contributed by atoms with Crippen molar-refractivity contribution in [1.29, 1.82) is 0 Å². The average molecular weight is 433 g/mol. The van der Waals surface area contributed by atoms with Gasteiger partial charge in [0, 0.05) is 32.8 Å². The van der Waals surface area contributed by atoms with Crippen LogP contribution in [0.4, 0.5) is 11.4 Å². The molecule has 0 saturated heterocycles. The maximum atomic E-state index is 12.8. The number of aromatic nitrogens is 2. The molecule has 2 aromatic carbocycles. The summed E-state index contributed by atoms with van der Waals surface area (Å²) in [5.74, 6) is -0.437. The van der Waals surface area contributed by atoms with Crippen LogP contribution < -0.4 is 5.32 Å². The summed E-state index contributed by atoms with van der Waals surface area (Å²) >= 11 is 12.5. The number of nitrogens with zero attached hydrogens (tertiary/aromatic N) is 3. The number of hydrogen-bond acceptors (Lipinski definition) is 4. The molecule has 0 radical (unpaired) electrons. The molecule has 7 nitrogen and oxygen atoms in total. The summed E-state index contributed by atoms with van der Waals surface area (Å²) in [6.45, 7) is 5.49. The molecule has 3 rings (SSSR count). The summed E-state index contributed by atoms with van der Waals surface area (Å²) in [5.41, 5.74) is 3.05. The first kappa shape index (κ1) is 20.8. The van der Waals surface area contributed by atoms with E-state index in [-0.39, 0.29) is 11.3 Å². The molecule has 0 bridgehead atoms. The van der Waals surface area contributed by atoms with Gasteiger partial charge in [-0.25, -0.2) is 0 Å². The van der Waals surface area contributed by atoms with Crippen molar-refractivity contribution in [3.8, 4) is 0 Å². The van der Waals surface area contributed by atoms with Gasteiger partial charge >= 0.3 is 0 Å². The van der Waals surface area contributed by atoms with Crippen LogP contribution in [0.1, 0.15) is 32.9 Å². The van der Waals surface area contributed by atoms with Gasteiger partial charge in [-0.05, 0) is 39.0 Å². The number of halogens is 2. The van der Waals surface area contributed by atoms with Gasteiger partial charge in [-0.3, -0.25) is 19.6 Å². The molecule has 1 heterocycles. The van der Waals surface area contributed by atoms with Gasteiger partial charge in [0.1, 0.15) is 0 Å². The van der Waals surface area contributed by atoms with E-state index in [2.05, 4.69) is 10.4 Å². The minimum Gasteiger partial charge on any atom is -0.319 e. The van der Waals surface area contributed by atoms with Gasteiger partial charge in [0.15, 0.2) is 0 Å². The van der Waals surface area contributed by atoms with Gasteiger partial charge in [-0.1, -0.05) is 35.3 Å². The summed E-state index contributed by atoms with van der Waals surface area (Å²) < 4.78 is 1.71. The lowest BCUT2D eigenvalue weighted by Gasteiger charge is -2.10. The summed E-state index contributed by atoms with van der Waals surface area (Å²) in [7, 11) is 0. The van der Waals surface area contributed by atoms with Crippen molar-refractivity contribution in [1.82, 2.24) is 9.78 Å². The fourth-order valence-electron chi connectivity index (χ4n) is 3.11. The molecule has 0 aliphatic rings. The van der Waals surface area contributed by atoms with Crippen LogP contribution in [-0.4, -0.2) is 20.6 Å². The lowest BCUT2D eigenvalue weighted by molar-refractivity contribution is -0.385. The molecule has 150 valence electrons. The molecular weight excluding hydrogens is 415 g/mol. The van der Waals surface area contributed by atoms with E-state index >= 15 is 0 Å². The van der Waals surface area contributed by atoms with E-state index in [1.807, 2.05) is 6.92 Å². The number of nitrogens with one attached hydrogen (secondary N) is 1. The zero-order valence-electron chi connectivity index (χ0n) is 16.0. The van der Waals surface area contributed by atoms with E-state index in [1.165, 1.54) is 12.1 Å². The van der Waals surface area contributed by atoms with Gasteiger partial charge in [-0.2, -0.15) is 5.10 Å². The maximum Gasteiger partial charge on any atom is 0.273 e. The summed E-state index contributed by atoms with van der Waals surface area (Å²) in [4.78, 5) is 23.4. The van der Waals surface area contributed by atoms with Gasteiger partial charge in [0.25, 0.3) is 11.6 Å². The number of carbonyl (C=O) groups excluding carboxylic acids is 1. The molecule has 0 spiro atoms. The lowest BCUT2D eigenvalue weighted by atomic mass is 10.1. The second-order valence-electron chi connectivity index (χ2n) is 6.56. The van der Waals surface area contributed by atoms with E-state index in [0.29, 0.717) is 33.5 Å². The van der Waals surface area contributed by atoms with Gasteiger partial charge in [0.05, 0.1) is 28.5 Å². The van der Waals surface area contributed by atoms with E-state index in [9.17, 15) is 14.9 Å². The van der Waals surface area contributed by atoms with Crippen LogP contribution in [0.3, 0.4) is 0 Å². The molecule has 0 aliphatic heterocycles. The van der Waals surface area contributed by atoms with Crippen molar-refractivity contribution in [3.05, 3.63) is 84.6 Å². The molecule has 29 heavy (non-hydrogen) atoms. The smallest absolute Gasteiger partial charge is 0.273 e. The van der Waals surface area contributed by atoms with E-state index in [1.54, 1.807) is 42.8 Å². The Morgan fingerprint density at radius 1 is 1.14 bits per heavy atom. The predicted octanol–water partition coefficient (Wildman–Crippen LogP) is 5.32. The number of nitro benzene ring substituents is 1. The minimum absolute atomic E-state index is 0.102. The average Bonchev–Trinajstić information content (AvgIpc) is 2.92. The number of nitro groups is 1. The first-order chi connectivity index (χ1) is 13.7. The van der Waals surface area contributed by atoms with Crippen LogP contribution in [-0.2, 0) is 6.54 Å². The monoisotopic (exact) mass is 432 g/mol. The van der Waals surface area contributed by atoms with Crippen molar-refractivity contribution < 1.29 is 9.72 Å². The highest BCUT2D eigenvalue weighted by atomic mass is 35.5. The van der Waals surface area contributed by atoms with Crippen LogP contribution in [0.5, 0.6) is 0 Å². The van der Waals surface area contributed by atoms with Gasteiger partial charge in [0.2, 0.25) is 0 Å². The number of rotatable bonds is 5. The Balaban J connectivity index is 1.91. The summed E-state index contributed by atoms with van der Waals surface area (Å²) in [6, 6.07) is 9.68. The van der Waals surface area contributed by atoms with E-state index < -0.39 is 10.8 Å². The van der Waals surface area contributed by atoms with Gasteiger partial charge in [-0.15, -0.1) is 0 Å². The Hall–Kier alpha value is -2.90. The number of carbonyl (C=O) groups is 1. The number of benzene rings is 2. The van der Waals surface area contributed by atoms with Crippen molar-refractivity contribution in [2.75, 3.05) is 5.32 Å². The summed E-state index contributed by atoms with van der Waals surface area (Å²) in [5, 5.41) is 19.5.